The number of ether oxygens (including phenoxy) is 4. The van der Waals surface area contributed by atoms with Crippen LogP contribution in [-0.4, -0.2) is 92.8 Å². The summed E-state index contributed by atoms with van der Waals surface area (Å²) in [4.78, 5) is 24.1. The molecule has 1 aliphatic carbocycles. The van der Waals surface area contributed by atoms with Gasteiger partial charge in [-0.2, -0.15) is 0 Å². The van der Waals surface area contributed by atoms with Crippen molar-refractivity contribution in [2.75, 3.05) is 13.2 Å². The molecule has 8 atom stereocenters. The monoisotopic (exact) mass is 494 g/mol. The smallest absolute Gasteiger partial charge is 0.338 e. The number of aromatic hydroxyl groups is 1. The second-order valence-corrected chi connectivity index (χ2v) is 8.49. The molecule has 1 saturated heterocycles. The topological polar surface area (TPSA) is 192 Å². The highest BCUT2D eigenvalue weighted by Crippen LogP contribution is 2.44. The molecule has 0 radical (unpaired) electrons. The maximum Gasteiger partial charge on any atom is 0.338 e. The van der Waals surface area contributed by atoms with Gasteiger partial charge in [0.25, 0.3) is 0 Å². The Bertz CT molecular complexity index is 1000. The maximum absolute atomic E-state index is 12.4. The van der Waals surface area contributed by atoms with E-state index in [1.54, 1.807) is 6.08 Å². The predicted octanol–water partition coefficient (Wildman–Crippen LogP) is -0.747. The van der Waals surface area contributed by atoms with Gasteiger partial charge < -0.3 is 49.6 Å². The quantitative estimate of drug-likeness (QED) is 0.206. The van der Waals surface area contributed by atoms with Crippen molar-refractivity contribution in [1.29, 1.82) is 0 Å². The molecule has 12 nitrogen and oxygen atoms in total. The molecule has 1 aromatic rings. The normalized spacial score (nSPS) is 34.3. The molecule has 12 heteroatoms. The summed E-state index contributed by atoms with van der Waals surface area (Å²) in [6.07, 6.45) is -5.76. The molecule has 35 heavy (non-hydrogen) atoms. The minimum Gasteiger partial charge on any atom is -0.508 e. The maximum atomic E-state index is 12.4. The van der Waals surface area contributed by atoms with E-state index in [9.17, 15) is 40.2 Å². The van der Waals surface area contributed by atoms with Crippen LogP contribution < -0.4 is 0 Å². The number of phenols is 1. The highest BCUT2D eigenvalue weighted by molar-refractivity contribution is 5.89. The highest BCUT2D eigenvalue weighted by atomic mass is 16.8. The van der Waals surface area contributed by atoms with E-state index >= 15 is 0 Å². The summed E-state index contributed by atoms with van der Waals surface area (Å²) in [6.45, 7) is -0.852. The number of allylic oxidation sites excluding steroid dienone is 1. The largest absolute Gasteiger partial charge is 0.508 e. The minimum absolute atomic E-state index is 0.0107. The Hall–Kier alpha value is -3.00. The molecule has 4 rings (SSSR count). The van der Waals surface area contributed by atoms with Crippen molar-refractivity contribution in [3.8, 4) is 5.75 Å². The minimum atomic E-state index is -1.68. The number of benzene rings is 1. The van der Waals surface area contributed by atoms with E-state index in [0.717, 1.165) is 6.26 Å². The molecule has 1 fully saturated rings. The first kappa shape index (κ1) is 25.1. The lowest BCUT2D eigenvalue weighted by Crippen LogP contribution is -2.60. The number of rotatable bonds is 7. The van der Waals surface area contributed by atoms with Gasteiger partial charge in [-0.25, -0.2) is 9.59 Å². The van der Waals surface area contributed by atoms with Crippen molar-refractivity contribution >= 4 is 11.9 Å². The van der Waals surface area contributed by atoms with E-state index < -0.39 is 67.4 Å². The van der Waals surface area contributed by atoms with Gasteiger partial charge in [-0.05, 0) is 36.3 Å². The Kier molecular flexibility index (Phi) is 7.40. The molecular formula is C23H26O12. The Morgan fingerprint density at radius 3 is 2.40 bits per heavy atom. The number of carboxylic acids is 1. The van der Waals surface area contributed by atoms with Crippen molar-refractivity contribution in [2.45, 2.75) is 43.4 Å². The summed E-state index contributed by atoms with van der Waals surface area (Å²) in [5.74, 6) is -3.18. The highest BCUT2D eigenvalue weighted by Gasteiger charge is 2.49. The van der Waals surface area contributed by atoms with Crippen molar-refractivity contribution in [1.82, 2.24) is 0 Å². The number of hydrogen-bond donors (Lipinski definition) is 6. The van der Waals surface area contributed by atoms with E-state index in [0.29, 0.717) is 12.0 Å². The average molecular weight is 494 g/mol. The fraction of sp³-hybridized carbons (Fsp3) is 0.478. The van der Waals surface area contributed by atoms with Crippen LogP contribution in [0, 0.1) is 11.8 Å². The molecule has 190 valence electrons. The molecule has 0 saturated carbocycles. The van der Waals surface area contributed by atoms with Crippen molar-refractivity contribution in [3.05, 3.63) is 53.3 Å². The molecular weight excluding hydrogens is 468 g/mol. The van der Waals surface area contributed by atoms with Crippen LogP contribution in [0.4, 0.5) is 0 Å². The van der Waals surface area contributed by atoms with Crippen molar-refractivity contribution in [2.24, 2.45) is 11.8 Å². The summed E-state index contributed by atoms with van der Waals surface area (Å²) >= 11 is 0. The lowest BCUT2D eigenvalue weighted by Gasteiger charge is -2.42. The fourth-order valence-electron chi connectivity index (χ4n) is 4.44. The Balaban J connectivity index is 1.50. The second kappa shape index (κ2) is 10.3. The third-order valence-electron chi connectivity index (χ3n) is 6.35. The van der Waals surface area contributed by atoms with E-state index in [4.69, 9.17) is 18.9 Å². The molecule has 1 aromatic carbocycles. The SMILES string of the molecule is O=C(O)C1=CO[C@H](O[C@@H]2O[C@H](CO)[C@@H](O)[C@H](O)[C@H]2O)[C@H]2C(COC(=O)c3ccc(O)cc3)=CC[C@@H]12. The number of carbonyl (C=O) groups excluding carboxylic acids is 1. The number of hydrogen-bond acceptors (Lipinski definition) is 11. The van der Waals surface area contributed by atoms with Crippen LogP contribution in [0.5, 0.6) is 5.75 Å². The predicted molar refractivity (Wildman–Crippen MR) is 114 cm³/mol. The first-order valence-corrected chi connectivity index (χ1v) is 10.9. The third-order valence-corrected chi connectivity index (χ3v) is 6.35. The number of aliphatic carboxylic acids is 1. The van der Waals surface area contributed by atoms with Gasteiger partial charge >= 0.3 is 11.9 Å². The molecule has 0 spiro atoms. The van der Waals surface area contributed by atoms with Crippen LogP contribution in [0.3, 0.4) is 0 Å². The lowest BCUT2D eigenvalue weighted by atomic mass is 9.83. The molecule has 0 bridgehead atoms. The summed E-state index contributed by atoms with van der Waals surface area (Å²) < 4.78 is 22.0. The summed E-state index contributed by atoms with van der Waals surface area (Å²) in [5, 5.41) is 58.7. The van der Waals surface area contributed by atoms with Crippen LogP contribution in [0.25, 0.3) is 0 Å². The molecule has 0 amide bonds. The van der Waals surface area contributed by atoms with Gasteiger partial charge in [0.15, 0.2) is 6.29 Å². The van der Waals surface area contributed by atoms with Gasteiger partial charge in [-0.15, -0.1) is 0 Å². The molecule has 2 heterocycles. The first-order chi connectivity index (χ1) is 16.7. The van der Waals surface area contributed by atoms with Crippen LogP contribution in [-0.2, 0) is 23.7 Å². The number of aliphatic hydroxyl groups excluding tert-OH is 4. The number of aliphatic hydroxyl groups is 4. The average Bonchev–Trinajstić information content (AvgIpc) is 3.27. The first-order valence-electron chi connectivity index (χ1n) is 10.9. The summed E-state index contributed by atoms with van der Waals surface area (Å²) in [6, 6.07) is 5.46. The van der Waals surface area contributed by atoms with E-state index in [-0.39, 0.29) is 23.5 Å². The molecule has 2 aliphatic heterocycles. The number of fused-ring (bicyclic) bond motifs is 1. The number of carboxylic acid groups (broad SMARTS) is 1. The van der Waals surface area contributed by atoms with E-state index in [2.05, 4.69) is 0 Å². The van der Waals surface area contributed by atoms with Gasteiger partial charge in [-0.1, -0.05) is 6.08 Å². The molecule has 0 aromatic heterocycles. The number of esters is 1. The Morgan fingerprint density at radius 2 is 1.74 bits per heavy atom. The summed E-state index contributed by atoms with van der Waals surface area (Å²) in [7, 11) is 0. The van der Waals surface area contributed by atoms with Gasteiger partial charge in [0.2, 0.25) is 6.29 Å². The lowest BCUT2D eigenvalue weighted by molar-refractivity contribution is -0.339. The van der Waals surface area contributed by atoms with E-state index in [1.165, 1.54) is 24.3 Å². The van der Waals surface area contributed by atoms with Crippen LogP contribution >= 0.6 is 0 Å². The summed E-state index contributed by atoms with van der Waals surface area (Å²) in [5.41, 5.74) is 0.710. The zero-order chi connectivity index (χ0) is 25.3. The zero-order valence-corrected chi connectivity index (χ0v) is 18.3. The Morgan fingerprint density at radius 1 is 1.03 bits per heavy atom. The molecule has 6 N–H and O–H groups in total. The number of phenolic OH excluding ortho intramolecular Hbond substituents is 1. The Labute approximate surface area is 199 Å². The van der Waals surface area contributed by atoms with Crippen LogP contribution in [0.15, 0.2) is 47.7 Å². The van der Waals surface area contributed by atoms with Gasteiger partial charge in [0.1, 0.15) is 36.8 Å². The fourth-order valence-corrected chi connectivity index (χ4v) is 4.44. The number of carbonyl (C=O) groups is 2. The van der Waals surface area contributed by atoms with E-state index in [1.807, 2.05) is 0 Å². The second-order valence-electron chi connectivity index (χ2n) is 8.49. The van der Waals surface area contributed by atoms with Crippen LogP contribution in [0.1, 0.15) is 16.8 Å². The standard InChI is InChI=1S/C23H26O12/c24-7-15-17(26)18(27)19(28)23(34-15)35-22-16-11(3-6-13(16)14(9-33-22)20(29)30)8-32-21(31)10-1-4-12(25)5-2-10/h1-5,9,13,15-19,22-28H,6-8H2,(H,29,30)/t13-,15+,16-,17+,18-,19+,22+,23-/m0/s1. The third kappa shape index (κ3) is 5.03. The van der Waals surface area contributed by atoms with Crippen molar-refractivity contribution < 1.29 is 59.2 Å². The van der Waals surface area contributed by atoms with Gasteiger partial charge in [0, 0.05) is 5.92 Å². The van der Waals surface area contributed by atoms with Crippen molar-refractivity contribution in [3.63, 3.8) is 0 Å². The molecule has 0 unspecified atom stereocenters. The van der Waals surface area contributed by atoms with Gasteiger partial charge in [-0.3, -0.25) is 0 Å². The zero-order valence-electron chi connectivity index (χ0n) is 18.3. The van der Waals surface area contributed by atoms with Crippen LogP contribution in [0.2, 0.25) is 0 Å². The van der Waals surface area contributed by atoms with Gasteiger partial charge in [0.05, 0.1) is 29.9 Å². The molecule has 3 aliphatic rings.